The van der Waals surface area contributed by atoms with E-state index in [9.17, 15) is 13.6 Å². The molecule has 2 aliphatic heterocycles. The van der Waals surface area contributed by atoms with E-state index in [4.69, 9.17) is 20.8 Å². The molecule has 36 heavy (non-hydrogen) atoms. The molecule has 11 heteroatoms. The van der Waals surface area contributed by atoms with Gasteiger partial charge in [-0.3, -0.25) is 9.80 Å². The summed E-state index contributed by atoms with van der Waals surface area (Å²) in [6.45, 7) is 4.81. The highest BCUT2D eigenvalue weighted by Crippen LogP contribution is 2.31. The predicted molar refractivity (Wildman–Crippen MR) is 131 cm³/mol. The maximum atomic E-state index is 14.0. The van der Waals surface area contributed by atoms with Gasteiger partial charge in [0, 0.05) is 48.4 Å². The first-order valence-corrected chi connectivity index (χ1v) is 12.1. The normalized spacial score (nSPS) is 18.8. The molecule has 0 aliphatic carbocycles. The number of hydrogen-bond donors (Lipinski definition) is 0. The average Bonchev–Trinajstić information content (AvgIpc) is 3.34. The van der Waals surface area contributed by atoms with Crippen LogP contribution >= 0.6 is 11.6 Å². The summed E-state index contributed by atoms with van der Waals surface area (Å²) in [6.07, 6.45) is -2.82. The SMILES string of the molecule is C[N+](Cc1ccc(-c2nnc(C(F)F)o2)cc1)(C(=O)N1CCN(C2COC2)CC1)c1cccc(Cl)c1. The Morgan fingerprint density at radius 1 is 1.11 bits per heavy atom. The van der Waals surface area contributed by atoms with Gasteiger partial charge in [0.2, 0.25) is 5.89 Å². The Morgan fingerprint density at radius 2 is 1.83 bits per heavy atom. The molecule has 2 aliphatic rings. The highest BCUT2D eigenvalue weighted by molar-refractivity contribution is 6.30. The number of alkyl halides is 2. The van der Waals surface area contributed by atoms with Crippen LogP contribution in [-0.4, -0.2) is 78.5 Å². The zero-order chi connectivity index (χ0) is 25.3. The molecule has 3 aromatic rings. The number of nitrogens with zero attached hydrogens (tertiary/aromatic N) is 5. The van der Waals surface area contributed by atoms with Crippen LogP contribution in [0, 0.1) is 0 Å². The summed E-state index contributed by atoms with van der Waals surface area (Å²) in [7, 11) is 1.89. The molecule has 0 radical (unpaired) electrons. The van der Waals surface area contributed by atoms with Crippen molar-refractivity contribution in [3.05, 3.63) is 65.0 Å². The number of hydrogen-bond acceptors (Lipinski definition) is 6. The highest BCUT2D eigenvalue weighted by atomic mass is 35.5. The minimum absolute atomic E-state index is 0.00251. The van der Waals surface area contributed by atoms with E-state index in [0.717, 1.165) is 37.6 Å². The van der Waals surface area contributed by atoms with Gasteiger partial charge < -0.3 is 9.15 Å². The topological polar surface area (TPSA) is 71.7 Å². The number of quaternary nitrogens is 1. The molecule has 3 heterocycles. The monoisotopic (exact) mass is 518 g/mol. The van der Waals surface area contributed by atoms with Crippen LogP contribution in [0.2, 0.25) is 5.02 Å². The van der Waals surface area contributed by atoms with E-state index in [-0.39, 0.29) is 16.4 Å². The van der Waals surface area contributed by atoms with Crippen LogP contribution in [0.15, 0.2) is 52.9 Å². The molecule has 1 aromatic heterocycles. The molecule has 5 rings (SSSR count). The van der Waals surface area contributed by atoms with Gasteiger partial charge in [0.05, 0.1) is 26.3 Å². The molecule has 8 nitrogen and oxygen atoms in total. The first kappa shape index (κ1) is 24.8. The molecule has 2 amide bonds. The molecule has 0 N–H and O–H groups in total. The Hall–Kier alpha value is -2.92. The lowest BCUT2D eigenvalue weighted by molar-refractivity contribution is -0.0745. The minimum atomic E-state index is -2.82. The Bertz CT molecular complexity index is 1210. The molecular formula is C25H27ClF2N5O3+. The van der Waals surface area contributed by atoms with Crippen molar-refractivity contribution < 1.29 is 22.7 Å². The molecule has 2 aromatic carbocycles. The van der Waals surface area contributed by atoms with Crippen molar-refractivity contribution >= 4 is 23.3 Å². The number of carbonyl (C=O) groups is 1. The van der Waals surface area contributed by atoms with Crippen LogP contribution in [0.5, 0.6) is 0 Å². The fraction of sp³-hybridized carbons (Fsp3) is 0.400. The number of halogens is 3. The van der Waals surface area contributed by atoms with E-state index in [1.807, 2.05) is 42.3 Å². The van der Waals surface area contributed by atoms with Crippen LogP contribution in [0.3, 0.4) is 0 Å². The second-order valence-electron chi connectivity index (χ2n) is 9.27. The third-order valence-electron chi connectivity index (χ3n) is 6.85. The Morgan fingerprint density at radius 3 is 2.42 bits per heavy atom. The van der Waals surface area contributed by atoms with Crippen LogP contribution in [-0.2, 0) is 11.3 Å². The van der Waals surface area contributed by atoms with E-state index >= 15 is 0 Å². The summed E-state index contributed by atoms with van der Waals surface area (Å²) in [4.78, 5) is 18.3. The Labute approximate surface area is 212 Å². The van der Waals surface area contributed by atoms with Crippen LogP contribution < -0.4 is 4.48 Å². The largest absolute Gasteiger partial charge is 0.424 e. The third kappa shape index (κ3) is 4.99. The molecule has 0 saturated carbocycles. The van der Waals surface area contributed by atoms with Crippen LogP contribution in [0.4, 0.5) is 19.3 Å². The second kappa shape index (κ2) is 10.2. The number of carbonyl (C=O) groups excluding carboxylic acids is 1. The van der Waals surface area contributed by atoms with E-state index in [2.05, 4.69) is 15.1 Å². The maximum Gasteiger partial charge on any atom is 0.424 e. The standard InChI is InChI=1S/C25H27ClF2N5O3/c1-33(21-4-2-3-19(26)13-21,25(34)32-11-9-31(10-12-32)20-15-35-16-20)14-17-5-7-18(8-6-17)23-29-30-24(36-23)22(27)28/h2-8,13,20,22H,9-12,14-16H2,1H3/q+1. The van der Waals surface area contributed by atoms with Crippen molar-refractivity contribution in [2.24, 2.45) is 0 Å². The molecule has 1 atom stereocenters. The zero-order valence-corrected chi connectivity index (χ0v) is 20.6. The maximum absolute atomic E-state index is 14.0. The quantitative estimate of drug-likeness (QED) is 0.444. The van der Waals surface area contributed by atoms with Crippen molar-refractivity contribution in [2.45, 2.75) is 19.0 Å². The van der Waals surface area contributed by atoms with E-state index in [0.29, 0.717) is 36.3 Å². The molecule has 1 unspecified atom stereocenters. The average molecular weight is 519 g/mol. The van der Waals surface area contributed by atoms with Crippen molar-refractivity contribution in [2.75, 3.05) is 46.4 Å². The number of rotatable bonds is 6. The minimum Gasteiger partial charge on any atom is -0.415 e. The fourth-order valence-corrected chi connectivity index (χ4v) is 4.82. The van der Waals surface area contributed by atoms with Gasteiger partial charge in [0.1, 0.15) is 12.2 Å². The number of aromatic nitrogens is 2. The predicted octanol–water partition coefficient (Wildman–Crippen LogP) is 4.60. The third-order valence-corrected chi connectivity index (χ3v) is 7.08. The lowest BCUT2D eigenvalue weighted by Crippen LogP contribution is -2.63. The summed E-state index contributed by atoms with van der Waals surface area (Å²) in [5.41, 5.74) is 2.19. The van der Waals surface area contributed by atoms with Gasteiger partial charge in [-0.25, -0.2) is 9.28 Å². The first-order chi connectivity index (χ1) is 17.3. The van der Waals surface area contributed by atoms with Gasteiger partial charge in [-0.2, -0.15) is 8.78 Å². The van der Waals surface area contributed by atoms with Gasteiger partial charge in [0.25, 0.3) is 5.89 Å². The summed E-state index contributed by atoms with van der Waals surface area (Å²) in [5, 5.41) is 7.64. The van der Waals surface area contributed by atoms with Crippen molar-refractivity contribution in [1.29, 1.82) is 0 Å². The van der Waals surface area contributed by atoms with Crippen molar-refractivity contribution in [3.8, 4) is 11.5 Å². The molecule has 190 valence electrons. The van der Waals surface area contributed by atoms with Crippen molar-refractivity contribution in [1.82, 2.24) is 24.5 Å². The summed E-state index contributed by atoms with van der Waals surface area (Å²) < 4.78 is 36.0. The van der Waals surface area contributed by atoms with Gasteiger partial charge >= 0.3 is 12.5 Å². The van der Waals surface area contributed by atoms with E-state index < -0.39 is 12.3 Å². The summed E-state index contributed by atoms with van der Waals surface area (Å²) in [6, 6.07) is 14.9. The zero-order valence-electron chi connectivity index (χ0n) is 19.8. The van der Waals surface area contributed by atoms with Crippen molar-refractivity contribution in [3.63, 3.8) is 0 Å². The lowest BCUT2D eigenvalue weighted by Gasteiger charge is -2.44. The first-order valence-electron chi connectivity index (χ1n) is 11.8. The molecular weight excluding hydrogens is 492 g/mol. The van der Waals surface area contributed by atoms with Gasteiger partial charge in [0.15, 0.2) is 0 Å². The van der Waals surface area contributed by atoms with Crippen LogP contribution in [0.1, 0.15) is 17.9 Å². The highest BCUT2D eigenvalue weighted by Gasteiger charge is 2.41. The van der Waals surface area contributed by atoms with Gasteiger partial charge in [-0.1, -0.05) is 29.8 Å². The summed E-state index contributed by atoms with van der Waals surface area (Å²) >= 11 is 6.30. The summed E-state index contributed by atoms with van der Waals surface area (Å²) in [5.74, 6) is -0.690. The van der Waals surface area contributed by atoms with Gasteiger partial charge in [-0.15, -0.1) is 10.2 Å². The van der Waals surface area contributed by atoms with E-state index in [1.165, 1.54) is 0 Å². The molecule has 0 spiro atoms. The smallest absolute Gasteiger partial charge is 0.415 e. The van der Waals surface area contributed by atoms with E-state index in [1.54, 1.807) is 18.2 Å². The molecule has 2 saturated heterocycles. The number of ether oxygens (including phenoxy) is 1. The number of piperazine rings is 1. The lowest BCUT2D eigenvalue weighted by atomic mass is 10.1. The second-order valence-corrected chi connectivity index (χ2v) is 9.71. The Kier molecular flexibility index (Phi) is 7.03. The number of urea groups is 1. The molecule has 0 bridgehead atoms. The van der Waals surface area contributed by atoms with Crippen LogP contribution in [0.25, 0.3) is 11.5 Å². The number of benzene rings is 2. The molecule has 2 fully saturated rings. The fourth-order valence-electron chi connectivity index (χ4n) is 4.63. The Balaban J connectivity index is 1.37. The number of amides is 2. The van der Waals surface area contributed by atoms with Gasteiger partial charge in [-0.05, 0) is 24.3 Å².